The zero-order valence-corrected chi connectivity index (χ0v) is 13.2. The number of rotatable bonds is 5. The van der Waals surface area contributed by atoms with Crippen LogP contribution in [0.3, 0.4) is 0 Å². The maximum atomic E-state index is 12.1. The van der Waals surface area contributed by atoms with Gasteiger partial charge >= 0.3 is 0 Å². The number of nitrogens with two attached hydrogens (primary N) is 1. The molecule has 2 aromatic rings. The maximum absolute atomic E-state index is 12.1. The topological polar surface area (TPSA) is 84.1 Å². The summed E-state index contributed by atoms with van der Waals surface area (Å²) in [6, 6.07) is 7.54. The van der Waals surface area contributed by atoms with Gasteiger partial charge < -0.3 is 16.0 Å². The van der Waals surface area contributed by atoms with Crippen molar-refractivity contribution < 1.29 is 4.79 Å². The Labute approximate surface area is 134 Å². The number of carbonyl (C=O) groups is 1. The van der Waals surface area contributed by atoms with Crippen LogP contribution in [0, 0.1) is 0 Å². The summed E-state index contributed by atoms with van der Waals surface area (Å²) in [6.45, 7) is 0.404. The molecule has 1 unspecified atom stereocenters. The lowest BCUT2D eigenvalue weighted by Crippen LogP contribution is -2.35. The van der Waals surface area contributed by atoms with Crippen LogP contribution in [-0.2, 0) is 0 Å². The van der Waals surface area contributed by atoms with Crippen LogP contribution in [-0.4, -0.2) is 41.4 Å². The van der Waals surface area contributed by atoms with Crippen molar-refractivity contribution >= 4 is 23.3 Å². The van der Waals surface area contributed by atoms with Crippen LogP contribution in [0.4, 0.5) is 5.82 Å². The number of nitrogens with zero attached hydrogens (tertiary/aromatic N) is 3. The molecule has 1 atom stereocenters. The molecule has 1 aromatic carbocycles. The van der Waals surface area contributed by atoms with Gasteiger partial charge in [-0.3, -0.25) is 4.79 Å². The molecule has 2 rings (SSSR count). The van der Waals surface area contributed by atoms with Crippen molar-refractivity contribution in [3.05, 3.63) is 52.9 Å². The summed E-state index contributed by atoms with van der Waals surface area (Å²) in [4.78, 5) is 21.9. The largest absolute Gasteiger partial charge is 0.382 e. The molecule has 6 nitrogen and oxygen atoms in total. The highest BCUT2D eigenvalue weighted by Crippen LogP contribution is 2.25. The monoisotopic (exact) mass is 319 g/mol. The highest BCUT2D eigenvalue weighted by molar-refractivity contribution is 6.31. The predicted octanol–water partition coefficient (Wildman–Crippen LogP) is 1.74. The molecule has 7 heteroatoms. The molecule has 3 N–H and O–H groups in total. The fourth-order valence-corrected chi connectivity index (χ4v) is 2.31. The van der Waals surface area contributed by atoms with Gasteiger partial charge in [-0.25, -0.2) is 9.97 Å². The standard InChI is InChI=1S/C15H18ClN5O/c1-21(2)13(10-5-3-4-6-11(10)16)8-20-15(22)12-7-19-14(17)9-18-12/h3-7,9,13H,8H2,1-2H3,(H2,17,19)(H,20,22). The number of halogens is 1. The second kappa shape index (κ2) is 7.20. The van der Waals surface area contributed by atoms with Crippen molar-refractivity contribution in [3.8, 4) is 0 Å². The van der Waals surface area contributed by atoms with Gasteiger partial charge in [0.1, 0.15) is 11.5 Å². The van der Waals surface area contributed by atoms with Crippen LogP contribution in [0.2, 0.25) is 5.02 Å². The zero-order valence-electron chi connectivity index (χ0n) is 12.5. The maximum Gasteiger partial charge on any atom is 0.271 e. The molecule has 22 heavy (non-hydrogen) atoms. The number of likely N-dealkylation sites (N-methyl/N-ethyl adjacent to an activating group) is 1. The van der Waals surface area contributed by atoms with E-state index in [-0.39, 0.29) is 23.5 Å². The van der Waals surface area contributed by atoms with E-state index in [1.165, 1.54) is 12.4 Å². The van der Waals surface area contributed by atoms with Crippen molar-refractivity contribution in [2.75, 3.05) is 26.4 Å². The van der Waals surface area contributed by atoms with Gasteiger partial charge in [0.05, 0.1) is 18.4 Å². The minimum absolute atomic E-state index is 0.0422. The van der Waals surface area contributed by atoms with Crippen LogP contribution in [0.1, 0.15) is 22.1 Å². The van der Waals surface area contributed by atoms with Gasteiger partial charge in [-0.15, -0.1) is 0 Å². The minimum atomic E-state index is -0.300. The molecule has 0 radical (unpaired) electrons. The number of benzene rings is 1. The van der Waals surface area contributed by atoms with E-state index >= 15 is 0 Å². The minimum Gasteiger partial charge on any atom is -0.382 e. The molecule has 0 fully saturated rings. The van der Waals surface area contributed by atoms with Crippen LogP contribution < -0.4 is 11.1 Å². The number of hydrogen-bond acceptors (Lipinski definition) is 5. The molecule has 0 spiro atoms. The number of hydrogen-bond donors (Lipinski definition) is 2. The van der Waals surface area contributed by atoms with E-state index in [2.05, 4.69) is 15.3 Å². The number of amides is 1. The molecule has 1 aromatic heterocycles. The smallest absolute Gasteiger partial charge is 0.271 e. The molecular formula is C15H18ClN5O. The summed E-state index contributed by atoms with van der Waals surface area (Å²) in [6.07, 6.45) is 2.71. The number of nitrogen functional groups attached to an aromatic ring is 1. The summed E-state index contributed by atoms with van der Waals surface area (Å²) in [7, 11) is 3.87. The highest BCUT2D eigenvalue weighted by Gasteiger charge is 2.18. The third-order valence-corrected chi connectivity index (χ3v) is 3.59. The van der Waals surface area contributed by atoms with Gasteiger partial charge in [0.15, 0.2) is 0 Å². The lowest BCUT2D eigenvalue weighted by Gasteiger charge is -2.25. The van der Waals surface area contributed by atoms with Gasteiger partial charge in [-0.1, -0.05) is 29.8 Å². The van der Waals surface area contributed by atoms with E-state index in [9.17, 15) is 4.79 Å². The first-order valence-electron chi connectivity index (χ1n) is 6.75. The molecule has 1 heterocycles. The number of anilines is 1. The van der Waals surface area contributed by atoms with E-state index in [0.29, 0.717) is 11.6 Å². The first kappa shape index (κ1) is 16.2. The summed E-state index contributed by atoms with van der Waals surface area (Å²) in [5.41, 5.74) is 6.64. The Morgan fingerprint density at radius 1 is 1.32 bits per heavy atom. The molecule has 0 aliphatic rings. The van der Waals surface area contributed by atoms with Crippen molar-refractivity contribution in [2.45, 2.75) is 6.04 Å². The molecule has 0 aliphatic heterocycles. The van der Waals surface area contributed by atoms with Crippen molar-refractivity contribution in [1.82, 2.24) is 20.2 Å². The van der Waals surface area contributed by atoms with E-state index in [1.54, 1.807) is 0 Å². The van der Waals surface area contributed by atoms with Gasteiger partial charge in [0, 0.05) is 11.6 Å². The van der Waals surface area contributed by atoms with Crippen LogP contribution in [0.5, 0.6) is 0 Å². The second-order valence-corrected chi connectivity index (χ2v) is 5.44. The second-order valence-electron chi connectivity index (χ2n) is 5.04. The SMILES string of the molecule is CN(C)C(CNC(=O)c1cnc(N)cn1)c1ccccc1Cl. The highest BCUT2D eigenvalue weighted by atomic mass is 35.5. The Hall–Kier alpha value is -2.18. The molecule has 0 bridgehead atoms. The Morgan fingerprint density at radius 2 is 2.05 bits per heavy atom. The Kier molecular flexibility index (Phi) is 5.30. The Morgan fingerprint density at radius 3 is 2.64 bits per heavy atom. The van der Waals surface area contributed by atoms with E-state index in [4.69, 9.17) is 17.3 Å². The van der Waals surface area contributed by atoms with Gasteiger partial charge in [-0.2, -0.15) is 0 Å². The third-order valence-electron chi connectivity index (χ3n) is 3.25. The van der Waals surface area contributed by atoms with E-state index in [0.717, 1.165) is 5.56 Å². The summed E-state index contributed by atoms with van der Waals surface area (Å²) < 4.78 is 0. The molecule has 116 valence electrons. The average molecular weight is 320 g/mol. The molecule has 0 saturated heterocycles. The van der Waals surface area contributed by atoms with Gasteiger partial charge in [0.2, 0.25) is 0 Å². The average Bonchev–Trinajstić information content (AvgIpc) is 2.49. The van der Waals surface area contributed by atoms with E-state index in [1.807, 2.05) is 43.3 Å². The fourth-order valence-electron chi connectivity index (χ4n) is 2.05. The Bertz CT molecular complexity index is 645. The van der Waals surface area contributed by atoms with Crippen LogP contribution >= 0.6 is 11.6 Å². The van der Waals surface area contributed by atoms with Crippen molar-refractivity contribution in [1.29, 1.82) is 0 Å². The van der Waals surface area contributed by atoms with Crippen molar-refractivity contribution in [3.63, 3.8) is 0 Å². The number of aromatic nitrogens is 2. The Balaban J connectivity index is 2.08. The summed E-state index contributed by atoms with van der Waals surface area (Å²) in [5, 5.41) is 3.51. The first-order valence-corrected chi connectivity index (χ1v) is 7.13. The normalized spacial score (nSPS) is 12.2. The van der Waals surface area contributed by atoms with Crippen molar-refractivity contribution in [2.24, 2.45) is 0 Å². The van der Waals surface area contributed by atoms with Gasteiger partial charge in [0.25, 0.3) is 5.91 Å². The lowest BCUT2D eigenvalue weighted by molar-refractivity contribution is 0.0936. The predicted molar refractivity (Wildman–Crippen MR) is 86.7 cm³/mol. The first-order chi connectivity index (χ1) is 10.5. The van der Waals surface area contributed by atoms with Crippen LogP contribution in [0.25, 0.3) is 0 Å². The summed E-state index contributed by atoms with van der Waals surface area (Å²) >= 11 is 6.24. The molecule has 1 amide bonds. The van der Waals surface area contributed by atoms with Crippen LogP contribution in [0.15, 0.2) is 36.7 Å². The summed E-state index contributed by atoms with van der Waals surface area (Å²) in [5.74, 6) is -0.0230. The molecular weight excluding hydrogens is 302 g/mol. The molecule has 0 aliphatic carbocycles. The fraction of sp³-hybridized carbons (Fsp3) is 0.267. The lowest BCUT2D eigenvalue weighted by atomic mass is 10.1. The number of nitrogens with one attached hydrogen (secondary N) is 1. The third kappa shape index (κ3) is 3.93. The zero-order chi connectivity index (χ0) is 16.1. The quantitative estimate of drug-likeness (QED) is 0.877. The number of carbonyl (C=O) groups excluding carboxylic acids is 1. The van der Waals surface area contributed by atoms with Gasteiger partial charge in [-0.05, 0) is 25.7 Å². The molecule has 0 saturated carbocycles. The van der Waals surface area contributed by atoms with E-state index < -0.39 is 0 Å².